The predicted octanol–water partition coefficient (Wildman–Crippen LogP) is 3.30. The van der Waals surface area contributed by atoms with Crippen LogP contribution in [0.2, 0.25) is 0 Å². The molecule has 2 rings (SSSR count). The molecular weight excluding hydrogens is 234 g/mol. The molecule has 104 valence electrons. The van der Waals surface area contributed by atoms with Crippen LogP contribution in [0.1, 0.15) is 38.6 Å². The number of hydrogen-bond donors (Lipinski definition) is 1. The van der Waals surface area contributed by atoms with Crippen LogP contribution in [-0.2, 0) is 13.0 Å². The maximum Gasteiger partial charge on any atom is 0.109 e. The Hall–Kier alpha value is -1.35. The fourth-order valence-corrected chi connectivity index (χ4v) is 2.47. The van der Waals surface area contributed by atoms with E-state index in [0.717, 1.165) is 31.4 Å². The summed E-state index contributed by atoms with van der Waals surface area (Å²) in [5.74, 6) is 1.22. The highest BCUT2D eigenvalue weighted by Gasteiger charge is 2.09. The Labute approximate surface area is 116 Å². The largest absolute Gasteiger partial charge is 0.328 e. The van der Waals surface area contributed by atoms with E-state index in [1.165, 1.54) is 16.9 Å². The van der Waals surface area contributed by atoms with Crippen molar-refractivity contribution in [3.05, 3.63) is 29.6 Å². The van der Waals surface area contributed by atoms with Crippen molar-refractivity contribution in [1.29, 1.82) is 0 Å². The first-order valence-corrected chi connectivity index (χ1v) is 7.31. The number of imidazole rings is 1. The van der Waals surface area contributed by atoms with Gasteiger partial charge in [0.1, 0.15) is 5.82 Å². The third kappa shape index (κ3) is 3.35. The van der Waals surface area contributed by atoms with Crippen LogP contribution in [0.15, 0.2) is 18.2 Å². The SMILES string of the molecule is CCn1c(CCCNC(C)C)nc2cc(C)ccc21. The van der Waals surface area contributed by atoms with Crippen LogP contribution in [-0.4, -0.2) is 22.1 Å². The summed E-state index contributed by atoms with van der Waals surface area (Å²) in [4.78, 5) is 4.80. The van der Waals surface area contributed by atoms with Gasteiger partial charge in [0.25, 0.3) is 0 Å². The summed E-state index contributed by atoms with van der Waals surface area (Å²) in [5, 5.41) is 3.46. The zero-order valence-corrected chi connectivity index (χ0v) is 12.5. The van der Waals surface area contributed by atoms with E-state index in [2.05, 4.69) is 55.8 Å². The van der Waals surface area contributed by atoms with E-state index < -0.39 is 0 Å². The predicted molar refractivity (Wildman–Crippen MR) is 81.6 cm³/mol. The molecule has 2 aromatic rings. The first-order chi connectivity index (χ1) is 9.11. The van der Waals surface area contributed by atoms with Crippen LogP contribution in [0, 0.1) is 6.92 Å². The summed E-state index contributed by atoms with van der Waals surface area (Å²) < 4.78 is 2.34. The molecule has 0 bridgehead atoms. The van der Waals surface area contributed by atoms with Crippen LogP contribution in [0.25, 0.3) is 11.0 Å². The quantitative estimate of drug-likeness (QED) is 0.807. The highest BCUT2D eigenvalue weighted by molar-refractivity contribution is 5.76. The zero-order valence-electron chi connectivity index (χ0n) is 12.5. The molecule has 1 aromatic heterocycles. The van der Waals surface area contributed by atoms with Gasteiger partial charge in [0.05, 0.1) is 11.0 Å². The van der Waals surface area contributed by atoms with E-state index in [9.17, 15) is 0 Å². The number of rotatable bonds is 6. The molecule has 0 saturated heterocycles. The number of hydrogen-bond acceptors (Lipinski definition) is 2. The normalized spacial score (nSPS) is 11.6. The van der Waals surface area contributed by atoms with E-state index >= 15 is 0 Å². The maximum atomic E-state index is 4.80. The Morgan fingerprint density at radius 3 is 2.79 bits per heavy atom. The number of nitrogens with one attached hydrogen (secondary N) is 1. The van der Waals surface area contributed by atoms with Gasteiger partial charge in [-0.3, -0.25) is 0 Å². The molecule has 0 fully saturated rings. The summed E-state index contributed by atoms with van der Waals surface area (Å²) in [6.07, 6.45) is 2.18. The number of aryl methyl sites for hydroxylation is 3. The van der Waals surface area contributed by atoms with Crippen molar-refractivity contribution in [2.24, 2.45) is 0 Å². The molecule has 3 heteroatoms. The van der Waals surface area contributed by atoms with Gasteiger partial charge in [0.2, 0.25) is 0 Å². The lowest BCUT2D eigenvalue weighted by Gasteiger charge is -2.08. The minimum Gasteiger partial charge on any atom is -0.328 e. The second-order valence-electron chi connectivity index (χ2n) is 5.48. The highest BCUT2D eigenvalue weighted by Crippen LogP contribution is 2.18. The first-order valence-electron chi connectivity index (χ1n) is 7.31. The summed E-state index contributed by atoms with van der Waals surface area (Å²) in [5.41, 5.74) is 3.68. The van der Waals surface area contributed by atoms with Crippen molar-refractivity contribution in [3.63, 3.8) is 0 Å². The topological polar surface area (TPSA) is 29.9 Å². The number of nitrogens with zero attached hydrogens (tertiary/aromatic N) is 2. The summed E-state index contributed by atoms with van der Waals surface area (Å²) >= 11 is 0. The summed E-state index contributed by atoms with van der Waals surface area (Å²) in [7, 11) is 0. The van der Waals surface area contributed by atoms with Crippen molar-refractivity contribution in [1.82, 2.24) is 14.9 Å². The molecule has 0 aliphatic heterocycles. The lowest BCUT2D eigenvalue weighted by molar-refractivity contribution is 0.560. The number of benzene rings is 1. The van der Waals surface area contributed by atoms with Gasteiger partial charge in [-0.05, 0) is 44.5 Å². The minimum atomic E-state index is 0.563. The number of fused-ring (bicyclic) bond motifs is 1. The second kappa shape index (κ2) is 6.20. The first kappa shape index (κ1) is 14.1. The minimum absolute atomic E-state index is 0.563. The molecule has 0 amide bonds. The third-order valence-electron chi connectivity index (χ3n) is 3.43. The van der Waals surface area contributed by atoms with Gasteiger partial charge in [0.15, 0.2) is 0 Å². The molecule has 0 aliphatic carbocycles. The second-order valence-corrected chi connectivity index (χ2v) is 5.48. The lowest BCUT2D eigenvalue weighted by atomic mass is 10.2. The van der Waals surface area contributed by atoms with Crippen LogP contribution >= 0.6 is 0 Å². The molecule has 3 nitrogen and oxygen atoms in total. The molecule has 0 atom stereocenters. The monoisotopic (exact) mass is 259 g/mol. The Bertz CT molecular complexity index is 540. The molecular formula is C16H25N3. The van der Waals surface area contributed by atoms with Gasteiger partial charge in [0, 0.05) is 19.0 Å². The molecule has 0 spiro atoms. The van der Waals surface area contributed by atoms with Crippen molar-refractivity contribution in [2.75, 3.05) is 6.54 Å². The van der Waals surface area contributed by atoms with Crippen LogP contribution in [0.4, 0.5) is 0 Å². The Kier molecular flexibility index (Phi) is 4.59. The molecule has 0 aliphatic rings. The van der Waals surface area contributed by atoms with Crippen molar-refractivity contribution >= 4 is 11.0 Å². The van der Waals surface area contributed by atoms with Crippen molar-refractivity contribution < 1.29 is 0 Å². The van der Waals surface area contributed by atoms with Crippen LogP contribution < -0.4 is 5.32 Å². The van der Waals surface area contributed by atoms with Crippen LogP contribution in [0.5, 0.6) is 0 Å². The average Bonchev–Trinajstić information content (AvgIpc) is 2.70. The molecule has 0 saturated carbocycles. The highest BCUT2D eigenvalue weighted by atomic mass is 15.1. The fraction of sp³-hybridized carbons (Fsp3) is 0.562. The molecule has 1 heterocycles. The molecule has 1 aromatic carbocycles. The van der Waals surface area contributed by atoms with E-state index in [4.69, 9.17) is 4.98 Å². The average molecular weight is 259 g/mol. The standard InChI is InChI=1S/C16H25N3/c1-5-19-15-9-8-13(4)11-14(15)18-16(19)7-6-10-17-12(2)3/h8-9,11-12,17H,5-7,10H2,1-4H3. The zero-order chi connectivity index (χ0) is 13.8. The fourth-order valence-electron chi connectivity index (χ4n) is 2.47. The van der Waals surface area contributed by atoms with Gasteiger partial charge in [-0.1, -0.05) is 19.9 Å². The van der Waals surface area contributed by atoms with E-state index in [-0.39, 0.29) is 0 Å². The Morgan fingerprint density at radius 1 is 1.32 bits per heavy atom. The smallest absolute Gasteiger partial charge is 0.109 e. The maximum absolute atomic E-state index is 4.80. The molecule has 0 radical (unpaired) electrons. The van der Waals surface area contributed by atoms with E-state index in [1.807, 2.05) is 0 Å². The Balaban J connectivity index is 2.13. The number of aromatic nitrogens is 2. The Morgan fingerprint density at radius 2 is 2.11 bits per heavy atom. The van der Waals surface area contributed by atoms with Gasteiger partial charge in [-0.2, -0.15) is 0 Å². The van der Waals surface area contributed by atoms with Gasteiger partial charge < -0.3 is 9.88 Å². The summed E-state index contributed by atoms with van der Waals surface area (Å²) in [6, 6.07) is 7.10. The van der Waals surface area contributed by atoms with E-state index in [1.54, 1.807) is 0 Å². The van der Waals surface area contributed by atoms with E-state index in [0.29, 0.717) is 6.04 Å². The van der Waals surface area contributed by atoms with Crippen LogP contribution in [0.3, 0.4) is 0 Å². The molecule has 19 heavy (non-hydrogen) atoms. The molecule has 1 N–H and O–H groups in total. The molecule has 0 unspecified atom stereocenters. The summed E-state index contributed by atoms with van der Waals surface area (Å²) in [6.45, 7) is 10.7. The van der Waals surface area contributed by atoms with Crippen molar-refractivity contribution in [3.8, 4) is 0 Å². The van der Waals surface area contributed by atoms with Gasteiger partial charge in [-0.15, -0.1) is 0 Å². The lowest BCUT2D eigenvalue weighted by Crippen LogP contribution is -2.24. The third-order valence-corrected chi connectivity index (χ3v) is 3.43. The van der Waals surface area contributed by atoms with Gasteiger partial charge in [-0.25, -0.2) is 4.98 Å². The van der Waals surface area contributed by atoms with Crippen molar-refractivity contribution in [2.45, 2.75) is 53.1 Å². The van der Waals surface area contributed by atoms with Gasteiger partial charge >= 0.3 is 0 Å².